The number of halogens is 2. The van der Waals surface area contributed by atoms with Crippen molar-refractivity contribution in [3.05, 3.63) is 59.7 Å². The van der Waals surface area contributed by atoms with Crippen molar-refractivity contribution in [3.63, 3.8) is 0 Å². The average Bonchev–Trinajstić information content (AvgIpc) is 2.76. The van der Waals surface area contributed by atoms with E-state index in [2.05, 4.69) is 20.4 Å². The quantitative estimate of drug-likeness (QED) is 0.686. The molecule has 1 atom stereocenters. The summed E-state index contributed by atoms with van der Waals surface area (Å²) in [6.45, 7) is 5.09. The highest BCUT2D eigenvalue weighted by Gasteiger charge is 2.19. The number of ether oxygens (including phenoxy) is 1. The molecule has 2 aromatic carbocycles. The van der Waals surface area contributed by atoms with Crippen molar-refractivity contribution in [1.29, 1.82) is 0 Å². The summed E-state index contributed by atoms with van der Waals surface area (Å²) in [5, 5.41) is 5.44. The topological polar surface area (TPSA) is 73.9 Å². The van der Waals surface area contributed by atoms with Crippen LogP contribution in [0.2, 0.25) is 0 Å². The van der Waals surface area contributed by atoms with E-state index < -0.39 is 23.7 Å². The molecule has 0 radical (unpaired) electrons. The van der Waals surface area contributed by atoms with Crippen LogP contribution in [0.4, 0.5) is 25.0 Å². The number of nitrogens with zero attached hydrogens (tertiary/aromatic N) is 2. The lowest BCUT2D eigenvalue weighted by Crippen LogP contribution is -2.48. The molecule has 1 saturated heterocycles. The maximum Gasteiger partial charge on any atom is 0.319 e. The molecule has 2 aromatic rings. The third-order valence-corrected chi connectivity index (χ3v) is 5.23. The fraction of sp³-hybridized carbons (Fsp3) is 0.364. The SMILES string of the molecule is COC(=O)CN1CCN(c2ccc(NC(=O)NC(C)c3ccc(F)c(F)c3)cc2)CC1. The van der Waals surface area contributed by atoms with Crippen molar-refractivity contribution >= 4 is 23.4 Å². The zero-order valence-corrected chi connectivity index (χ0v) is 17.5. The van der Waals surface area contributed by atoms with Gasteiger partial charge in [0.2, 0.25) is 0 Å². The molecule has 1 fully saturated rings. The smallest absolute Gasteiger partial charge is 0.319 e. The molecule has 31 heavy (non-hydrogen) atoms. The van der Waals surface area contributed by atoms with E-state index in [1.807, 2.05) is 12.1 Å². The highest BCUT2D eigenvalue weighted by Crippen LogP contribution is 2.20. The number of hydrogen-bond donors (Lipinski definition) is 2. The van der Waals surface area contributed by atoms with Crippen LogP contribution >= 0.6 is 0 Å². The van der Waals surface area contributed by atoms with E-state index in [4.69, 9.17) is 4.74 Å². The highest BCUT2D eigenvalue weighted by molar-refractivity contribution is 5.89. The minimum absolute atomic E-state index is 0.235. The Morgan fingerprint density at radius 2 is 1.71 bits per heavy atom. The van der Waals surface area contributed by atoms with Crippen molar-refractivity contribution in [2.45, 2.75) is 13.0 Å². The summed E-state index contributed by atoms with van der Waals surface area (Å²) in [6.07, 6.45) is 0. The van der Waals surface area contributed by atoms with Gasteiger partial charge < -0.3 is 20.3 Å². The fourth-order valence-corrected chi connectivity index (χ4v) is 3.40. The molecule has 1 unspecified atom stereocenters. The number of anilines is 2. The van der Waals surface area contributed by atoms with Gasteiger partial charge in [-0.3, -0.25) is 9.69 Å². The minimum atomic E-state index is -0.951. The number of benzene rings is 2. The number of carbonyl (C=O) groups excluding carboxylic acids is 2. The van der Waals surface area contributed by atoms with E-state index in [0.29, 0.717) is 17.8 Å². The summed E-state index contributed by atoms with van der Waals surface area (Å²) in [5.41, 5.74) is 2.11. The van der Waals surface area contributed by atoms with E-state index in [1.54, 1.807) is 19.1 Å². The first-order chi connectivity index (χ1) is 14.9. The number of methoxy groups -OCH3 is 1. The first-order valence-corrected chi connectivity index (χ1v) is 10.0. The van der Waals surface area contributed by atoms with E-state index in [0.717, 1.165) is 44.0 Å². The zero-order chi connectivity index (χ0) is 22.4. The molecular weight excluding hydrogens is 406 g/mol. The van der Waals surface area contributed by atoms with Crippen molar-refractivity contribution < 1.29 is 23.1 Å². The first-order valence-electron chi connectivity index (χ1n) is 10.0. The van der Waals surface area contributed by atoms with E-state index in [9.17, 15) is 18.4 Å². The number of piperazine rings is 1. The third-order valence-electron chi connectivity index (χ3n) is 5.23. The second-order valence-electron chi connectivity index (χ2n) is 7.38. The normalized spacial score (nSPS) is 15.3. The Morgan fingerprint density at radius 1 is 1.03 bits per heavy atom. The number of urea groups is 1. The van der Waals surface area contributed by atoms with Crippen LogP contribution in [0.3, 0.4) is 0 Å². The highest BCUT2D eigenvalue weighted by atomic mass is 19.2. The van der Waals surface area contributed by atoms with Crippen molar-refractivity contribution in [3.8, 4) is 0 Å². The van der Waals surface area contributed by atoms with Gasteiger partial charge in [0.05, 0.1) is 19.7 Å². The second-order valence-corrected chi connectivity index (χ2v) is 7.38. The lowest BCUT2D eigenvalue weighted by molar-refractivity contribution is -0.142. The zero-order valence-electron chi connectivity index (χ0n) is 17.5. The molecule has 1 aliphatic heterocycles. The van der Waals surface area contributed by atoms with Gasteiger partial charge in [0, 0.05) is 37.6 Å². The van der Waals surface area contributed by atoms with Crippen LogP contribution in [0.5, 0.6) is 0 Å². The minimum Gasteiger partial charge on any atom is -0.468 e. The summed E-state index contributed by atoms with van der Waals surface area (Å²) in [4.78, 5) is 27.9. The summed E-state index contributed by atoms with van der Waals surface area (Å²) >= 11 is 0. The Hall–Kier alpha value is -3.20. The number of amides is 2. The Bertz CT molecular complexity index is 915. The van der Waals surface area contributed by atoms with Gasteiger partial charge >= 0.3 is 12.0 Å². The van der Waals surface area contributed by atoms with E-state index >= 15 is 0 Å². The molecule has 2 amide bonds. The predicted octanol–water partition coefficient (Wildman–Crippen LogP) is 3.14. The Balaban J connectivity index is 1.49. The number of carbonyl (C=O) groups is 2. The van der Waals surface area contributed by atoms with Crippen molar-refractivity contribution in [1.82, 2.24) is 10.2 Å². The Labute approximate surface area is 180 Å². The molecule has 0 bridgehead atoms. The first kappa shape index (κ1) is 22.5. The van der Waals surface area contributed by atoms with Crippen LogP contribution in [0.15, 0.2) is 42.5 Å². The van der Waals surface area contributed by atoms with Gasteiger partial charge in [0.15, 0.2) is 11.6 Å². The second kappa shape index (κ2) is 10.2. The van der Waals surface area contributed by atoms with Crippen LogP contribution in [-0.2, 0) is 9.53 Å². The summed E-state index contributed by atoms with van der Waals surface area (Å²) < 4.78 is 31.1. The number of esters is 1. The number of nitrogens with one attached hydrogen (secondary N) is 2. The molecule has 3 rings (SSSR count). The van der Waals surface area contributed by atoms with Gasteiger partial charge in [-0.2, -0.15) is 0 Å². The molecule has 9 heteroatoms. The molecule has 1 heterocycles. The molecule has 166 valence electrons. The van der Waals surface area contributed by atoms with Gasteiger partial charge in [0.1, 0.15) is 0 Å². The molecule has 1 aliphatic rings. The van der Waals surface area contributed by atoms with Crippen LogP contribution < -0.4 is 15.5 Å². The van der Waals surface area contributed by atoms with Crippen LogP contribution in [0.1, 0.15) is 18.5 Å². The summed E-state index contributed by atoms with van der Waals surface area (Å²) in [6, 6.07) is 10.1. The molecule has 0 spiro atoms. The monoisotopic (exact) mass is 432 g/mol. The average molecular weight is 432 g/mol. The molecule has 0 aromatic heterocycles. The molecular formula is C22H26F2N4O3. The van der Waals surface area contributed by atoms with Crippen molar-refractivity contribution in [2.75, 3.05) is 50.1 Å². The number of rotatable bonds is 6. The lowest BCUT2D eigenvalue weighted by Gasteiger charge is -2.35. The van der Waals surface area contributed by atoms with Gasteiger partial charge in [-0.25, -0.2) is 13.6 Å². The van der Waals surface area contributed by atoms with E-state index in [-0.39, 0.29) is 5.97 Å². The van der Waals surface area contributed by atoms with Crippen molar-refractivity contribution in [2.24, 2.45) is 0 Å². The number of hydrogen-bond acceptors (Lipinski definition) is 5. The van der Waals surface area contributed by atoms with Gasteiger partial charge in [-0.05, 0) is 48.9 Å². The predicted molar refractivity (Wildman–Crippen MR) is 114 cm³/mol. The fourth-order valence-electron chi connectivity index (χ4n) is 3.40. The lowest BCUT2D eigenvalue weighted by atomic mass is 10.1. The van der Waals surface area contributed by atoms with Gasteiger partial charge in [-0.15, -0.1) is 0 Å². The third kappa shape index (κ3) is 6.14. The van der Waals surface area contributed by atoms with Crippen LogP contribution in [0, 0.1) is 11.6 Å². The van der Waals surface area contributed by atoms with Gasteiger partial charge in [0.25, 0.3) is 0 Å². The molecule has 0 saturated carbocycles. The maximum atomic E-state index is 13.4. The molecule has 2 N–H and O–H groups in total. The summed E-state index contributed by atoms with van der Waals surface area (Å²) in [7, 11) is 1.39. The van der Waals surface area contributed by atoms with E-state index in [1.165, 1.54) is 13.2 Å². The Kier molecular flexibility index (Phi) is 7.41. The maximum absolute atomic E-state index is 13.4. The Morgan fingerprint density at radius 3 is 2.32 bits per heavy atom. The van der Waals surface area contributed by atoms with Gasteiger partial charge in [-0.1, -0.05) is 6.07 Å². The largest absolute Gasteiger partial charge is 0.468 e. The van der Waals surface area contributed by atoms with Crippen LogP contribution in [0.25, 0.3) is 0 Å². The standard InChI is InChI=1S/C22H26F2N4O3/c1-15(16-3-8-19(23)20(24)13-16)25-22(30)26-17-4-6-18(7-5-17)28-11-9-27(10-12-28)14-21(29)31-2/h3-8,13,15H,9-12,14H2,1-2H3,(H2,25,26,30). The molecule has 7 nitrogen and oxygen atoms in total. The summed E-state index contributed by atoms with van der Waals surface area (Å²) in [5.74, 6) is -2.11. The molecule has 0 aliphatic carbocycles. The van der Waals surface area contributed by atoms with Crippen LogP contribution in [-0.4, -0.2) is 56.7 Å².